The average molecular weight is 416 g/mol. The van der Waals surface area contributed by atoms with Gasteiger partial charge in [-0.15, -0.1) is 10.2 Å². The molecule has 0 bridgehead atoms. The molecule has 28 heavy (non-hydrogen) atoms. The minimum atomic E-state index is -0.265. The van der Waals surface area contributed by atoms with Crippen molar-refractivity contribution in [1.29, 1.82) is 0 Å². The van der Waals surface area contributed by atoms with Crippen molar-refractivity contribution >= 4 is 34.6 Å². The Hall–Kier alpha value is -2.32. The van der Waals surface area contributed by atoms with Crippen LogP contribution in [0.4, 0.5) is 5.13 Å². The maximum Gasteiger partial charge on any atom is 0.276 e. The minimum Gasteiger partial charge on any atom is -0.336 e. The summed E-state index contributed by atoms with van der Waals surface area (Å²) < 4.78 is 2.18. The van der Waals surface area contributed by atoms with Crippen molar-refractivity contribution in [3.8, 4) is 5.69 Å². The molecule has 148 valence electrons. The normalized spacial score (nSPS) is 10.9. The van der Waals surface area contributed by atoms with Gasteiger partial charge in [0.05, 0.1) is 0 Å². The number of carbonyl (C=O) groups is 1. The zero-order chi connectivity index (χ0) is 19.8. The van der Waals surface area contributed by atoms with E-state index in [9.17, 15) is 4.79 Å². The van der Waals surface area contributed by atoms with E-state index in [1.54, 1.807) is 10.8 Å². The molecule has 1 amide bonds. The van der Waals surface area contributed by atoms with Crippen molar-refractivity contribution in [2.24, 2.45) is 0 Å². The second kappa shape index (κ2) is 10.3. The fourth-order valence-corrected chi connectivity index (χ4v) is 4.03. The molecule has 0 saturated carbocycles. The third-order valence-electron chi connectivity index (χ3n) is 4.45. The number of H-pyrrole nitrogens is 1. The van der Waals surface area contributed by atoms with Gasteiger partial charge >= 0.3 is 0 Å². The van der Waals surface area contributed by atoms with Gasteiger partial charge in [0.2, 0.25) is 5.13 Å². The number of aryl methyl sites for hydroxylation is 1. The number of nitrogens with one attached hydrogen (secondary N) is 2. The van der Waals surface area contributed by atoms with Crippen LogP contribution in [-0.4, -0.2) is 25.7 Å². The first-order chi connectivity index (χ1) is 13.7. The lowest BCUT2D eigenvalue weighted by Gasteiger charge is -2.07. The second-order valence-corrected chi connectivity index (χ2v) is 8.07. The number of aromatic nitrogens is 4. The molecule has 0 saturated heterocycles. The molecule has 6 nitrogen and oxygen atoms in total. The molecule has 0 unspecified atom stereocenters. The molecule has 0 atom stereocenters. The van der Waals surface area contributed by atoms with Crippen molar-refractivity contribution in [1.82, 2.24) is 19.7 Å². The number of benzene rings is 1. The fourth-order valence-electron chi connectivity index (χ4n) is 2.99. The Kier molecular flexibility index (Phi) is 7.50. The van der Waals surface area contributed by atoms with E-state index in [1.807, 2.05) is 30.3 Å². The summed E-state index contributed by atoms with van der Waals surface area (Å²) >= 11 is 6.76. The Bertz CT molecular complexity index is 945. The Balaban J connectivity index is 1.59. The van der Waals surface area contributed by atoms with Crippen LogP contribution in [0.3, 0.4) is 0 Å². The third-order valence-corrected chi connectivity index (χ3v) is 5.65. The van der Waals surface area contributed by atoms with E-state index < -0.39 is 0 Å². The van der Waals surface area contributed by atoms with Gasteiger partial charge in [-0.1, -0.05) is 68.6 Å². The third kappa shape index (κ3) is 5.36. The van der Waals surface area contributed by atoms with Crippen LogP contribution in [0.2, 0.25) is 0 Å². The van der Waals surface area contributed by atoms with E-state index in [0.29, 0.717) is 15.6 Å². The molecule has 3 aromatic rings. The van der Waals surface area contributed by atoms with Crippen LogP contribution >= 0.6 is 23.6 Å². The lowest BCUT2D eigenvalue weighted by atomic mass is 10.1. The number of hydrogen-bond donors (Lipinski definition) is 2. The molecule has 8 heteroatoms. The largest absolute Gasteiger partial charge is 0.336 e. The minimum absolute atomic E-state index is 0.265. The zero-order valence-corrected chi connectivity index (χ0v) is 17.6. The number of rotatable bonds is 10. The van der Waals surface area contributed by atoms with E-state index in [4.69, 9.17) is 12.2 Å². The predicted octanol–water partition coefficient (Wildman–Crippen LogP) is 5.54. The lowest BCUT2D eigenvalue weighted by molar-refractivity contribution is 0.102. The van der Waals surface area contributed by atoms with E-state index in [1.165, 1.54) is 43.4 Å². The highest BCUT2D eigenvalue weighted by Gasteiger charge is 2.16. The van der Waals surface area contributed by atoms with Crippen LogP contribution < -0.4 is 5.32 Å². The predicted molar refractivity (Wildman–Crippen MR) is 116 cm³/mol. The maximum absolute atomic E-state index is 12.7. The van der Waals surface area contributed by atoms with Crippen LogP contribution in [0.15, 0.2) is 36.5 Å². The van der Waals surface area contributed by atoms with Gasteiger partial charge in [0, 0.05) is 18.3 Å². The molecule has 0 aliphatic heterocycles. The summed E-state index contributed by atoms with van der Waals surface area (Å²) in [4.78, 5) is 15.7. The summed E-state index contributed by atoms with van der Waals surface area (Å²) in [5, 5.41) is 12.6. The van der Waals surface area contributed by atoms with Gasteiger partial charge in [0.1, 0.15) is 10.7 Å². The summed E-state index contributed by atoms with van der Waals surface area (Å²) in [6, 6.07) is 9.55. The van der Waals surface area contributed by atoms with Crippen molar-refractivity contribution in [3.05, 3.63) is 52.0 Å². The SMILES string of the molecule is CCCCCCCCc1nnc(NC(=O)c2c[nH]c(=S)n2-c2ccccc2)s1. The Morgan fingerprint density at radius 3 is 2.68 bits per heavy atom. The molecule has 0 spiro atoms. The highest BCUT2D eigenvalue weighted by atomic mass is 32.1. The molecule has 1 aromatic carbocycles. The van der Waals surface area contributed by atoms with Crippen molar-refractivity contribution in [3.63, 3.8) is 0 Å². The molecule has 0 aliphatic carbocycles. The van der Waals surface area contributed by atoms with E-state index in [2.05, 4.69) is 27.4 Å². The molecule has 0 radical (unpaired) electrons. The van der Waals surface area contributed by atoms with E-state index >= 15 is 0 Å². The number of aromatic amines is 1. The maximum atomic E-state index is 12.7. The Labute approximate surface area is 174 Å². The summed E-state index contributed by atoms with van der Waals surface area (Å²) in [5.74, 6) is -0.265. The monoisotopic (exact) mass is 415 g/mol. The fraction of sp³-hybridized carbons (Fsp3) is 0.400. The summed E-state index contributed by atoms with van der Waals surface area (Å²) in [6.45, 7) is 2.22. The molecular weight excluding hydrogens is 390 g/mol. The van der Waals surface area contributed by atoms with E-state index in [-0.39, 0.29) is 5.91 Å². The number of para-hydroxylation sites is 1. The highest BCUT2D eigenvalue weighted by Crippen LogP contribution is 2.20. The number of imidazole rings is 1. The Morgan fingerprint density at radius 1 is 1.14 bits per heavy atom. The molecule has 2 N–H and O–H groups in total. The number of carbonyl (C=O) groups excluding carboxylic acids is 1. The van der Waals surface area contributed by atoms with Gasteiger partial charge in [-0.05, 0) is 30.8 Å². The van der Waals surface area contributed by atoms with Crippen LogP contribution in [0.5, 0.6) is 0 Å². The second-order valence-electron chi connectivity index (χ2n) is 6.62. The summed E-state index contributed by atoms with van der Waals surface area (Å²) in [7, 11) is 0. The number of amides is 1. The van der Waals surface area contributed by atoms with Crippen molar-refractivity contribution in [2.75, 3.05) is 5.32 Å². The molecule has 0 aliphatic rings. The zero-order valence-electron chi connectivity index (χ0n) is 16.0. The standard InChI is InChI=1S/C20H25N5OS2/c1-2-3-4-5-6-10-13-17-23-24-19(28-17)22-18(26)16-14-21-20(27)25(16)15-11-8-7-9-12-15/h7-9,11-12,14H,2-6,10,13H2,1H3,(H,21,27)(H,22,24,26). The van der Waals surface area contributed by atoms with Crippen LogP contribution in [0, 0.1) is 4.77 Å². The number of anilines is 1. The molecule has 3 rings (SSSR count). The molecular formula is C20H25N5OS2. The quantitative estimate of drug-likeness (QED) is 0.337. The first-order valence-electron chi connectivity index (χ1n) is 9.68. The van der Waals surface area contributed by atoms with Crippen LogP contribution in [0.25, 0.3) is 5.69 Å². The topological polar surface area (TPSA) is 75.6 Å². The summed E-state index contributed by atoms with van der Waals surface area (Å²) in [5.41, 5.74) is 1.27. The van der Waals surface area contributed by atoms with Crippen LogP contribution in [0.1, 0.15) is 60.9 Å². The molecule has 2 aromatic heterocycles. The Morgan fingerprint density at radius 2 is 1.89 bits per heavy atom. The molecule has 0 fully saturated rings. The average Bonchev–Trinajstić information content (AvgIpc) is 3.31. The van der Waals surface area contributed by atoms with Crippen LogP contribution in [-0.2, 0) is 6.42 Å². The first kappa shape index (κ1) is 20.4. The lowest BCUT2D eigenvalue weighted by Crippen LogP contribution is -2.16. The van der Waals surface area contributed by atoms with Gasteiger partial charge in [0.25, 0.3) is 5.91 Å². The number of nitrogens with zero attached hydrogens (tertiary/aromatic N) is 3. The number of unbranched alkanes of at least 4 members (excludes halogenated alkanes) is 5. The van der Waals surface area contributed by atoms with Gasteiger partial charge in [0.15, 0.2) is 4.77 Å². The molecule has 2 heterocycles. The first-order valence-corrected chi connectivity index (χ1v) is 10.9. The summed E-state index contributed by atoms with van der Waals surface area (Å²) in [6.07, 6.45) is 9.98. The van der Waals surface area contributed by atoms with Gasteiger partial charge in [-0.25, -0.2) is 0 Å². The van der Waals surface area contributed by atoms with Gasteiger partial charge in [-0.3, -0.25) is 14.7 Å². The van der Waals surface area contributed by atoms with E-state index in [0.717, 1.165) is 23.5 Å². The van der Waals surface area contributed by atoms with Crippen molar-refractivity contribution < 1.29 is 4.79 Å². The van der Waals surface area contributed by atoms with Gasteiger partial charge in [-0.2, -0.15) is 0 Å². The number of hydrogen-bond acceptors (Lipinski definition) is 5. The highest BCUT2D eigenvalue weighted by molar-refractivity contribution is 7.71. The van der Waals surface area contributed by atoms with Crippen molar-refractivity contribution in [2.45, 2.75) is 51.9 Å². The van der Waals surface area contributed by atoms with Gasteiger partial charge < -0.3 is 4.98 Å². The smallest absolute Gasteiger partial charge is 0.276 e.